The highest BCUT2D eigenvalue weighted by Gasteiger charge is 2.33. The third-order valence-electron chi connectivity index (χ3n) is 3.76. The Morgan fingerprint density at radius 2 is 2.05 bits per heavy atom. The number of hydrogen-bond donors (Lipinski definition) is 1. The number of aryl methyl sites for hydroxylation is 1. The molecule has 1 aliphatic rings. The lowest BCUT2D eigenvalue weighted by atomic mass is 9.84. The molecule has 1 saturated heterocycles. The lowest BCUT2D eigenvalue weighted by molar-refractivity contribution is -0.145. The van der Waals surface area contributed by atoms with E-state index in [2.05, 4.69) is 6.07 Å². The van der Waals surface area contributed by atoms with Gasteiger partial charge in [0.1, 0.15) is 0 Å². The van der Waals surface area contributed by atoms with Gasteiger partial charge in [-0.3, -0.25) is 9.59 Å². The number of carbonyl (C=O) groups is 2. The summed E-state index contributed by atoms with van der Waals surface area (Å²) in [5.41, 5.74) is 2.28. The van der Waals surface area contributed by atoms with Crippen LogP contribution in [0.3, 0.4) is 0 Å². The van der Waals surface area contributed by atoms with Crippen molar-refractivity contribution in [2.75, 3.05) is 13.1 Å². The highest BCUT2D eigenvalue weighted by Crippen LogP contribution is 2.30. The summed E-state index contributed by atoms with van der Waals surface area (Å²) in [4.78, 5) is 24.4. The molecule has 1 aromatic rings. The fraction of sp³-hybridized carbons (Fsp3) is 0.467. The van der Waals surface area contributed by atoms with E-state index in [-0.39, 0.29) is 11.8 Å². The Bertz CT molecular complexity index is 476. The minimum atomic E-state index is -0.816. The molecule has 0 saturated carbocycles. The van der Waals surface area contributed by atoms with Gasteiger partial charge in [-0.15, -0.1) is 0 Å². The normalized spacial score (nSPS) is 23.2. The van der Waals surface area contributed by atoms with Gasteiger partial charge in [0.25, 0.3) is 0 Å². The average molecular weight is 261 g/mol. The number of carboxylic acid groups (broad SMARTS) is 1. The number of aliphatic carboxylic acids is 1. The van der Waals surface area contributed by atoms with Gasteiger partial charge in [-0.25, -0.2) is 0 Å². The van der Waals surface area contributed by atoms with Gasteiger partial charge in [0.15, 0.2) is 0 Å². The molecule has 2 unspecified atom stereocenters. The van der Waals surface area contributed by atoms with Gasteiger partial charge in [-0.05, 0) is 18.9 Å². The predicted octanol–water partition coefficient (Wildman–Crippen LogP) is 2.03. The van der Waals surface area contributed by atoms with Gasteiger partial charge in [-0.1, -0.05) is 29.8 Å². The summed E-state index contributed by atoms with van der Waals surface area (Å²) in [5, 5.41) is 9.22. The smallest absolute Gasteiger partial charge is 0.308 e. The first-order valence-electron chi connectivity index (χ1n) is 6.52. The second kappa shape index (κ2) is 5.43. The number of carboxylic acids is 1. The van der Waals surface area contributed by atoms with Crippen LogP contribution in [-0.2, 0) is 9.59 Å². The van der Waals surface area contributed by atoms with Crippen LogP contribution in [0.1, 0.15) is 30.4 Å². The molecule has 1 aromatic carbocycles. The first-order chi connectivity index (χ1) is 8.97. The zero-order valence-corrected chi connectivity index (χ0v) is 11.3. The number of hydrogen-bond acceptors (Lipinski definition) is 2. The molecule has 102 valence electrons. The van der Waals surface area contributed by atoms with Crippen molar-refractivity contribution in [1.82, 2.24) is 4.90 Å². The van der Waals surface area contributed by atoms with Gasteiger partial charge >= 0.3 is 5.97 Å². The summed E-state index contributed by atoms with van der Waals surface area (Å²) in [6.07, 6.45) is 0.600. The second-order valence-electron chi connectivity index (χ2n) is 5.31. The van der Waals surface area contributed by atoms with Crippen molar-refractivity contribution in [3.63, 3.8) is 0 Å². The fourth-order valence-corrected chi connectivity index (χ4v) is 2.70. The van der Waals surface area contributed by atoms with Crippen LogP contribution in [0.2, 0.25) is 0 Å². The lowest BCUT2D eigenvalue weighted by Gasteiger charge is -2.36. The third kappa shape index (κ3) is 3.13. The Labute approximate surface area is 113 Å². The molecule has 0 bridgehead atoms. The molecule has 1 amide bonds. The first-order valence-corrected chi connectivity index (χ1v) is 6.52. The van der Waals surface area contributed by atoms with E-state index in [0.717, 1.165) is 11.1 Å². The predicted molar refractivity (Wildman–Crippen MR) is 71.9 cm³/mol. The van der Waals surface area contributed by atoms with Crippen molar-refractivity contribution < 1.29 is 14.7 Å². The van der Waals surface area contributed by atoms with Gasteiger partial charge in [0.05, 0.1) is 5.92 Å². The number of rotatable bonds is 2. The maximum Gasteiger partial charge on any atom is 0.308 e. The minimum Gasteiger partial charge on any atom is -0.481 e. The van der Waals surface area contributed by atoms with Crippen molar-refractivity contribution in [2.45, 2.75) is 26.2 Å². The lowest BCUT2D eigenvalue weighted by Crippen LogP contribution is -2.44. The quantitative estimate of drug-likeness (QED) is 0.886. The van der Waals surface area contributed by atoms with Crippen LogP contribution in [-0.4, -0.2) is 35.0 Å². The summed E-state index contributed by atoms with van der Waals surface area (Å²) in [6.45, 7) is 4.46. The van der Waals surface area contributed by atoms with Gasteiger partial charge in [-0.2, -0.15) is 0 Å². The Balaban J connectivity index is 2.24. The molecule has 1 aliphatic heterocycles. The zero-order chi connectivity index (χ0) is 14.0. The van der Waals surface area contributed by atoms with Crippen LogP contribution in [0, 0.1) is 12.8 Å². The summed E-state index contributed by atoms with van der Waals surface area (Å²) in [5.74, 6) is -1.23. The number of piperidine rings is 1. The summed E-state index contributed by atoms with van der Waals surface area (Å²) in [7, 11) is 0. The van der Waals surface area contributed by atoms with Gasteiger partial charge in [0, 0.05) is 25.9 Å². The van der Waals surface area contributed by atoms with Crippen LogP contribution in [0.25, 0.3) is 0 Å². The standard InChI is InChI=1S/C15H19NO3/c1-10-4-3-5-12(6-10)13-7-14(15(18)19)9-16(8-13)11(2)17/h3-6,13-14H,7-9H2,1-2H3,(H,18,19). The Morgan fingerprint density at radius 1 is 1.32 bits per heavy atom. The number of nitrogens with zero attached hydrogens (tertiary/aromatic N) is 1. The van der Waals surface area contributed by atoms with Crippen LogP contribution >= 0.6 is 0 Å². The molecule has 1 N–H and O–H groups in total. The van der Waals surface area contributed by atoms with Crippen molar-refractivity contribution in [3.8, 4) is 0 Å². The molecule has 4 nitrogen and oxygen atoms in total. The highest BCUT2D eigenvalue weighted by molar-refractivity contribution is 5.76. The number of carbonyl (C=O) groups excluding carboxylic acids is 1. The van der Waals surface area contributed by atoms with E-state index in [9.17, 15) is 14.7 Å². The summed E-state index contributed by atoms with van der Waals surface area (Å²) < 4.78 is 0. The van der Waals surface area contributed by atoms with E-state index in [0.29, 0.717) is 19.5 Å². The van der Waals surface area contributed by atoms with Crippen LogP contribution in [0.5, 0.6) is 0 Å². The van der Waals surface area contributed by atoms with Crippen molar-refractivity contribution >= 4 is 11.9 Å². The van der Waals surface area contributed by atoms with E-state index >= 15 is 0 Å². The van der Waals surface area contributed by atoms with Crippen LogP contribution in [0.4, 0.5) is 0 Å². The van der Waals surface area contributed by atoms with Crippen molar-refractivity contribution in [1.29, 1.82) is 0 Å². The summed E-state index contributed by atoms with van der Waals surface area (Å²) in [6, 6.07) is 8.09. The molecule has 0 aromatic heterocycles. The van der Waals surface area contributed by atoms with Crippen molar-refractivity contribution in [3.05, 3.63) is 35.4 Å². The van der Waals surface area contributed by atoms with Gasteiger partial charge in [0.2, 0.25) is 5.91 Å². The van der Waals surface area contributed by atoms with Crippen LogP contribution in [0.15, 0.2) is 24.3 Å². The maximum absolute atomic E-state index is 11.5. The Morgan fingerprint density at radius 3 is 2.63 bits per heavy atom. The number of benzene rings is 1. The molecule has 4 heteroatoms. The van der Waals surface area contributed by atoms with Crippen LogP contribution < -0.4 is 0 Å². The Kier molecular flexibility index (Phi) is 3.88. The molecule has 19 heavy (non-hydrogen) atoms. The number of amides is 1. The fourth-order valence-electron chi connectivity index (χ4n) is 2.70. The third-order valence-corrected chi connectivity index (χ3v) is 3.76. The van der Waals surface area contributed by atoms with E-state index in [4.69, 9.17) is 0 Å². The van der Waals surface area contributed by atoms with E-state index in [1.54, 1.807) is 4.90 Å². The molecule has 2 atom stereocenters. The molecular formula is C15H19NO3. The molecule has 0 aliphatic carbocycles. The molecule has 0 spiro atoms. The van der Waals surface area contributed by atoms with Crippen molar-refractivity contribution in [2.24, 2.45) is 5.92 Å². The largest absolute Gasteiger partial charge is 0.481 e. The van der Waals surface area contributed by atoms with E-state index in [1.165, 1.54) is 6.92 Å². The average Bonchev–Trinajstić information content (AvgIpc) is 2.38. The number of likely N-dealkylation sites (tertiary alicyclic amines) is 1. The van der Waals surface area contributed by atoms with E-state index < -0.39 is 11.9 Å². The SMILES string of the molecule is CC(=O)N1CC(C(=O)O)CC(c2cccc(C)c2)C1. The maximum atomic E-state index is 11.5. The minimum absolute atomic E-state index is 0.0522. The Hall–Kier alpha value is -1.84. The zero-order valence-electron chi connectivity index (χ0n) is 11.3. The highest BCUT2D eigenvalue weighted by atomic mass is 16.4. The topological polar surface area (TPSA) is 57.6 Å². The second-order valence-corrected chi connectivity index (χ2v) is 5.31. The monoisotopic (exact) mass is 261 g/mol. The molecule has 2 rings (SSSR count). The van der Waals surface area contributed by atoms with Gasteiger partial charge < -0.3 is 10.0 Å². The molecule has 1 fully saturated rings. The molecule has 0 radical (unpaired) electrons. The first kappa shape index (κ1) is 13.6. The molecular weight excluding hydrogens is 242 g/mol. The molecule has 1 heterocycles. The van der Waals surface area contributed by atoms with E-state index in [1.807, 2.05) is 25.1 Å². The summed E-state index contributed by atoms with van der Waals surface area (Å²) >= 11 is 0.